The van der Waals surface area contributed by atoms with Gasteiger partial charge in [0.1, 0.15) is 11.9 Å². The molecule has 1 aliphatic heterocycles. The van der Waals surface area contributed by atoms with E-state index in [4.69, 9.17) is 4.74 Å². The van der Waals surface area contributed by atoms with E-state index in [1.165, 1.54) is 16.7 Å². The predicted octanol–water partition coefficient (Wildman–Crippen LogP) is 3.72. The van der Waals surface area contributed by atoms with E-state index >= 15 is 0 Å². The molecule has 2 unspecified atom stereocenters. The standard InChI is InChI=1S/C16H25NO/c1-7-13-14(17-6)11-8-10(2)9-12(15(11)18-13)16(3,4)5/h8-9,13-14,17H,7H2,1-6H3. The largest absolute Gasteiger partial charge is 0.488 e. The van der Waals surface area contributed by atoms with Gasteiger partial charge in [0.25, 0.3) is 0 Å². The zero-order valence-corrected chi connectivity index (χ0v) is 12.4. The minimum Gasteiger partial charge on any atom is -0.488 e. The van der Waals surface area contributed by atoms with Crippen molar-refractivity contribution in [1.82, 2.24) is 5.32 Å². The number of aryl methyl sites for hydroxylation is 1. The summed E-state index contributed by atoms with van der Waals surface area (Å²) in [5.74, 6) is 1.11. The molecule has 1 N–H and O–H groups in total. The monoisotopic (exact) mass is 247 g/mol. The number of fused-ring (bicyclic) bond motifs is 1. The van der Waals surface area contributed by atoms with E-state index < -0.39 is 0 Å². The fourth-order valence-electron chi connectivity index (χ4n) is 2.80. The summed E-state index contributed by atoms with van der Waals surface area (Å²) < 4.78 is 6.21. The number of ether oxygens (including phenoxy) is 1. The van der Waals surface area contributed by atoms with E-state index in [2.05, 4.69) is 52.1 Å². The second kappa shape index (κ2) is 4.58. The first-order valence-electron chi connectivity index (χ1n) is 6.87. The average molecular weight is 247 g/mol. The van der Waals surface area contributed by atoms with E-state index in [0.717, 1.165) is 12.2 Å². The molecule has 1 aliphatic rings. The van der Waals surface area contributed by atoms with Crippen LogP contribution in [0.1, 0.15) is 56.8 Å². The van der Waals surface area contributed by atoms with Gasteiger partial charge in [-0.25, -0.2) is 0 Å². The van der Waals surface area contributed by atoms with Gasteiger partial charge in [0.2, 0.25) is 0 Å². The van der Waals surface area contributed by atoms with Crippen LogP contribution in [-0.2, 0) is 5.41 Å². The van der Waals surface area contributed by atoms with E-state index in [1.807, 2.05) is 7.05 Å². The summed E-state index contributed by atoms with van der Waals surface area (Å²) in [6.45, 7) is 11.1. The van der Waals surface area contributed by atoms with Crippen LogP contribution in [0, 0.1) is 6.92 Å². The molecule has 100 valence electrons. The molecule has 0 saturated heterocycles. The molecule has 1 aromatic rings. The van der Waals surface area contributed by atoms with Gasteiger partial charge in [0, 0.05) is 11.1 Å². The Kier molecular flexibility index (Phi) is 3.41. The predicted molar refractivity (Wildman–Crippen MR) is 76.4 cm³/mol. The minimum absolute atomic E-state index is 0.122. The molecule has 0 fully saturated rings. The molecular weight excluding hydrogens is 222 g/mol. The third kappa shape index (κ3) is 2.14. The van der Waals surface area contributed by atoms with Gasteiger partial charge < -0.3 is 10.1 Å². The van der Waals surface area contributed by atoms with Gasteiger partial charge in [-0.3, -0.25) is 0 Å². The Hall–Kier alpha value is -1.02. The van der Waals surface area contributed by atoms with Crippen molar-refractivity contribution in [3.05, 3.63) is 28.8 Å². The van der Waals surface area contributed by atoms with E-state index in [0.29, 0.717) is 6.04 Å². The maximum atomic E-state index is 6.21. The molecule has 0 saturated carbocycles. The van der Waals surface area contributed by atoms with Crippen molar-refractivity contribution in [1.29, 1.82) is 0 Å². The van der Waals surface area contributed by atoms with Crippen LogP contribution < -0.4 is 10.1 Å². The van der Waals surface area contributed by atoms with E-state index in [-0.39, 0.29) is 11.5 Å². The molecule has 1 aromatic carbocycles. The number of likely N-dealkylation sites (N-methyl/N-ethyl adjacent to an activating group) is 1. The average Bonchev–Trinajstić information content (AvgIpc) is 2.63. The third-order valence-electron chi connectivity index (χ3n) is 3.76. The molecule has 18 heavy (non-hydrogen) atoms. The van der Waals surface area contributed by atoms with E-state index in [1.54, 1.807) is 0 Å². The fourth-order valence-corrected chi connectivity index (χ4v) is 2.80. The van der Waals surface area contributed by atoms with Crippen molar-refractivity contribution in [2.45, 2.75) is 58.6 Å². The van der Waals surface area contributed by atoms with Gasteiger partial charge in [0.05, 0.1) is 6.04 Å². The molecule has 0 aromatic heterocycles. The fraction of sp³-hybridized carbons (Fsp3) is 0.625. The summed E-state index contributed by atoms with van der Waals surface area (Å²) in [6, 6.07) is 4.86. The highest BCUT2D eigenvalue weighted by Crippen LogP contribution is 2.44. The van der Waals surface area contributed by atoms with E-state index in [9.17, 15) is 0 Å². The SMILES string of the molecule is CCC1Oc2c(cc(C)cc2C(C)(C)C)C1NC. The molecule has 0 aliphatic carbocycles. The van der Waals surface area contributed by atoms with Crippen LogP contribution in [0.2, 0.25) is 0 Å². The zero-order valence-electron chi connectivity index (χ0n) is 12.4. The van der Waals surface area contributed by atoms with Crippen LogP contribution >= 0.6 is 0 Å². The van der Waals surface area contributed by atoms with Crippen LogP contribution in [0.25, 0.3) is 0 Å². The van der Waals surface area contributed by atoms with Crippen molar-refractivity contribution in [2.75, 3.05) is 7.05 Å². The lowest BCUT2D eigenvalue weighted by Crippen LogP contribution is -2.27. The molecule has 2 rings (SSSR count). The van der Waals surface area contributed by atoms with Crippen LogP contribution in [0.4, 0.5) is 0 Å². The summed E-state index contributed by atoms with van der Waals surface area (Å²) in [6.07, 6.45) is 1.29. The second-order valence-electron chi connectivity index (χ2n) is 6.31. The first kappa shape index (κ1) is 13.4. The smallest absolute Gasteiger partial charge is 0.128 e. The Morgan fingerprint density at radius 2 is 1.94 bits per heavy atom. The number of hydrogen-bond acceptors (Lipinski definition) is 2. The van der Waals surface area contributed by atoms with Gasteiger partial charge >= 0.3 is 0 Å². The van der Waals surface area contributed by atoms with Crippen LogP contribution in [0.15, 0.2) is 12.1 Å². The van der Waals surface area contributed by atoms with Crippen LogP contribution in [-0.4, -0.2) is 13.2 Å². The third-order valence-corrected chi connectivity index (χ3v) is 3.76. The highest BCUT2D eigenvalue weighted by molar-refractivity contribution is 5.52. The maximum absolute atomic E-state index is 6.21. The molecule has 0 spiro atoms. The summed E-state index contributed by atoms with van der Waals surface area (Å²) in [5, 5.41) is 3.40. The second-order valence-corrected chi connectivity index (χ2v) is 6.31. The number of rotatable bonds is 2. The summed E-state index contributed by atoms with van der Waals surface area (Å²) in [7, 11) is 2.02. The van der Waals surface area contributed by atoms with Crippen LogP contribution in [0.3, 0.4) is 0 Å². The Morgan fingerprint density at radius 3 is 2.44 bits per heavy atom. The number of hydrogen-bond donors (Lipinski definition) is 1. The highest BCUT2D eigenvalue weighted by atomic mass is 16.5. The molecule has 1 heterocycles. The van der Waals surface area contributed by atoms with Crippen molar-refractivity contribution in [3.63, 3.8) is 0 Å². The van der Waals surface area contributed by atoms with Crippen molar-refractivity contribution in [2.24, 2.45) is 0 Å². The Labute approximate surface area is 111 Å². The first-order chi connectivity index (χ1) is 8.38. The lowest BCUT2D eigenvalue weighted by molar-refractivity contribution is 0.186. The quantitative estimate of drug-likeness (QED) is 0.860. The number of nitrogens with one attached hydrogen (secondary N) is 1. The molecule has 0 radical (unpaired) electrons. The van der Waals surface area contributed by atoms with Gasteiger partial charge in [-0.05, 0) is 25.8 Å². The molecule has 2 heteroatoms. The molecule has 2 atom stereocenters. The highest BCUT2D eigenvalue weighted by Gasteiger charge is 2.36. The zero-order chi connectivity index (χ0) is 13.5. The normalized spacial score (nSPS) is 22.8. The lowest BCUT2D eigenvalue weighted by atomic mass is 9.83. The van der Waals surface area contributed by atoms with Gasteiger partial charge in [-0.2, -0.15) is 0 Å². The maximum Gasteiger partial charge on any atom is 0.128 e. The Balaban J connectivity index is 2.57. The minimum atomic E-state index is 0.122. The van der Waals surface area contributed by atoms with Crippen LogP contribution in [0.5, 0.6) is 5.75 Å². The molecule has 2 nitrogen and oxygen atoms in total. The van der Waals surface area contributed by atoms with Crippen molar-refractivity contribution < 1.29 is 4.74 Å². The van der Waals surface area contributed by atoms with Gasteiger partial charge in [0.15, 0.2) is 0 Å². The van der Waals surface area contributed by atoms with Gasteiger partial charge in [-0.15, -0.1) is 0 Å². The van der Waals surface area contributed by atoms with Gasteiger partial charge in [-0.1, -0.05) is 45.4 Å². The molecular formula is C16H25NO. The number of benzene rings is 1. The lowest BCUT2D eigenvalue weighted by Gasteiger charge is -2.23. The van der Waals surface area contributed by atoms with Crippen molar-refractivity contribution >= 4 is 0 Å². The Bertz CT molecular complexity index is 445. The first-order valence-corrected chi connectivity index (χ1v) is 6.87. The topological polar surface area (TPSA) is 21.3 Å². The molecule has 0 bridgehead atoms. The molecule has 0 amide bonds. The summed E-state index contributed by atoms with van der Waals surface area (Å²) in [5.41, 5.74) is 4.10. The summed E-state index contributed by atoms with van der Waals surface area (Å²) >= 11 is 0. The summed E-state index contributed by atoms with van der Waals surface area (Å²) in [4.78, 5) is 0. The Morgan fingerprint density at radius 1 is 1.28 bits per heavy atom. The van der Waals surface area contributed by atoms with Crippen molar-refractivity contribution in [3.8, 4) is 5.75 Å².